The van der Waals surface area contributed by atoms with Gasteiger partial charge in [0.1, 0.15) is 0 Å². The van der Waals surface area contributed by atoms with Crippen LogP contribution in [0.5, 0.6) is 0 Å². The molecule has 0 saturated carbocycles. The van der Waals surface area contributed by atoms with E-state index in [4.69, 9.17) is 0 Å². The third-order valence-electron chi connectivity index (χ3n) is 3.07. The molecule has 0 radical (unpaired) electrons. The molecule has 0 bridgehead atoms. The van der Waals surface area contributed by atoms with E-state index in [1.54, 1.807) is 13.1 Å². The summed E-state index contributed by atoms with van der Waals surface area (Å²) >= 11 is 4.95. The van der Waals surface area contributed by atoms with Crippen LogP contribution in [0.3, 0.4) is 0 Å². The second kappa shape index (κ2) is 6.28. The number of hydrogen-bond acceptors (Lipinski definition) is 2. The van der Waals surface area contributed by atoms with Gasteiger partial charge in [0, 0.05) is 21.8 Å². The van der Waals surface area contributed by atoms with Gasteiger partial charge in [0.05, 0.1) is 5.56 Å². The maximum Gasteiger partial charge on any atom is 0.416 e. The summed E-state index contributed by atoms with van der Waals surface area (Å²) < 4.78 is 40.1. The molecule has 0 aliphatic rings. The highest BCUT2D eigenvalue weighted by molar-refractivity contribution is 9.10. The maximum atomic E-state index is 13.1. The van der Waals surface area contributed by atoms with Crippen LogP contribution in [-0.4, -0.2) is 7.05 Å². The van der Waals surface area contributed by atoms with Gasteiger partial charge in [-0.1, -0.05) is 18.2 Å². The average Bonchev–Trinajstić information content (AvgIpc) is 2.80. The number of thiophene rings is 1. The predicted molar refractivity (Wildman–Crippen MR) is 79.0 cm³/mol. The van der Waals surface area contributed by atoms with E-state index >= 15 is 0 Å². The Morgan fingerprint density at radius 3 is 2.50 bits per heavy atom. The Kier molecular flexibility index (Phi) is 4.88. The maximum absolute atomic E-state index is 13.1. The highest BCUT2D eigenvalue weighted by Crippen LogP contribution is 2.36. The number of hydrogen-bond donors (Lipinski definition) is 1. The van der Waals surface area contributed by atoms with Crippen LogP contribution >= 0.6 is 27.3 Å². The minimum atomic E-state index is -4.33. The molecular formula is C14H13BrF3NS. The monoisotopic (exact) mass is 363 g/mol. The Morgan fingerprint density at radius 1 is 1.25 bits per heavy atom. The number of nitrogens with one attached hydrogen (secondary N) is 1. The quantitative estimate of drug-likeness (QED) is 0.802. The van der Waals surface area contributed by atoms with Crippen LogP contribution in [0.15, 0.2) is 40.2 Å². The van der Waals surface area contributed by atoms with Gasteiger partial charge < -0.3 is 5.32 Å². The Hall–Kier alpha value is -0.850. The second-order valence-corrected chi connectivity index (χ2v) is 6.18. The van der Waals surface area contributed by atoms with Gasteiger partial charge in [-0.15, -0.1) is 11.3 Å². The lowest BCUT2D eigenvalue weighted by Gasteiger charge is -2.21. The Balaban J connectivity index is 2.35. The highest BCUT2D eigenvalue weighted by Gasteiger charge is 2.34. The Labute approximate surface area is 128 Å². The molecule has 0 amide bonds. The van der Waals surface area contributed by atoms with Gasteiger partial charge in [0.2, 0.25) is 0 Å². The van der Waals surface area contributed by atoms with E-state index in [0.717, 1.165) is 15.4 Å². The summed E-state index contributed by atoms with van der Waals surface area (Å²) in [6, 6.07) is 7.25. The first-order valence-electron chi connectivity index (χ1n) is 5.98. The van der Waals surface area contributed by atoms with Gasteiger partial charge in [-0.3, -0.25) is 0 Å². The van der Waals surface area contributed by atoms with E-state index in [1.165, 1.54) is 23.5 Å². The molecule has 0 fully saturated rings. The lowest BCUT2D eigenvalue weighted by molar-refractivity contribution is -0.138. The van der Waals surface area contributed by atoms with E-state index < -0.39 is 11.7 Å². The minimum Gasteiger partial charge on any atom is -0.313 e. The molecule has 1 aromatic heterocycles. The predicted octanol–water partition coefficient (Wildman–Crippen LogP) is 5.03. The minimum absolute atomic E-state index is 0.280. The molecular weight excluding hydrogens is 351 g/mol. The molecule has 0 aliphatic carbocycles. The lowest BCUT2D eigenvalue weighted by Crippen LogP contribution is -2.22. The lowest BCUT2D eigenvalue weighted by atomic mass is 9.97. The van der Waals surface area contributed by atoms with E-state index in [9.17, 15) is 13.2 Å². The third-order valence-corrected chi connectivity index (χ3v) is 5.02. The molecule has 1 N–H and O–H groups in total. The van der Waals surface area contributed by atoms with Gasteiger partial charge in [0.15, 0.2) is 0 Å². The third kappa shape index (κ3) is 3.42. The molecule has 6 heteroatoms. The molecule has 2 aromatic rings. The molecule has 0 saturated heterocycles. The molecule has 0 spiro atoms. The standard InChI is InChI=1S/C14H13BrF3NS/c1-19-12(8-13-11(15)6-7-20-13)9-4-2-3-5-10(9)14(16,17)18/h2-7,12,19H,8H2,1H3. The zero-order valence-corrected chi connectivity index (χ0v) is 13.1. The number of halogens is 4. The summed E-state index contributed by atoms with van der Waals surface area (Å²) in [4.78, 5) is 1.03. The first-order valence-corrected chi connectivity index (χ1v) is 7.66. The van der Waals surface area contributed by atoms with Crippen LogP contribution in [0.2, 0.25) is 0 Å². The fourth-order valence-corrected chi connectivity index (χ4v) is 3.64. The van der Waals surface area contributed by atoms with E-state index in [0.29, 0.717) is 6.42 Å². The van der Waals surface area contributed by atoms with Crippen LogP contribution < -0.4 is 5.32 Å². The topological polar surface area (TPSA) is 12.0 Å². The molecule has 1 nitrogen and oxygen atoms in total. The Morgan fingerprint density at radius 2 is 1.95 bits per heavy atom. The molecule has 2 rings (SSSR count). The highest BCUT2D eigenvalue weighted by atomic mass is 79.9. The van der Waals surface area contributed by atoms with Crippen molar-refractivity contribution in [1.29, 1.82) is 0 Å². The van der Waals surface area contributed by atoms with Crippen molar-refractivity contribution >= 4 is 27.3 Å². The molecule has 1 heterocycles. The van der Waals surface area contributed by atoms with E-state index in [-0.39, 0.29) is 11.6 Å². The van der Waals surface area contributed by atoms with Crippen molar-refractivity contribution < 1.29 is 13.2 Å². The molecule has 1 aromatic carbocycles. The van der Waals surface area contributed by atoms with E-state index in [1.807, 2.05) is 11.4 Å². The zero-order chi connectivity index (χ0) is 14.8. The van der Waals surface area contributed by atoms with Crippen molar-refractivity contribution in [3.05, 3.63) is 56.2 Å². The summed E-state index contributed by atoms with van der Waals surface area (Å²) in [6.45, 7) is 0. The summed E-state index contributed by atoms with van der Waals surface area (Å²) in [5, 5.41) is 4.90. The molecule has 0 aliphatic heterocycles. The first kappa shape index (κ1) is 15.5. The normalized spacial score (nSPS) is 13.4. The Bertz CT molecular complexity index is 580. The van der Waals surface area contributed by atoms with Gasteiger partial charge >= 0.3 is 6.18 Å². The average molecular weight is 364 g/mol. The fourth-order valence-electron chi connectivity index (χ4n) is 2.08. The number of alkyl halides is 3. The fraction of sp³-hybridized carbons (Fsp3) is 0.286. The van der Waals surface area contributed by atoms with Crippen molar-refractivity contribution in [2.24, 2.45) is 0 Å². The second-order valence-electron chi connectivity index (χ2n) is 4.32. The zero-order valence-electron chi connectivity index (χ0n) is 10.7. The smallest absolute Gasteiger partial charge is 0.313 e. The van der Waals surface area contributed by atoms with Crippen molar-refractivity contribution in [3.8, 4) is 0 Å². The van der Waals surface area contributed by atoms with Crippen LogP contribution in [0, 0.1) is 0 Å². The summed E-state index contributed by atoms with van der Waals surface area (Å²) in [5.74, 6) is 0. The van der Waals surface area contributed by atoms with Gasteiger partial charge in [-0.05, 0) is 46.1 Å². The molecule has 20 heavy (non-hydrogen) atoms. The summed E-state index contributed by atoms with van der Waals surface area (Å²) in [5.41, 5.74) is -0.296. The molecule has 108 valence electrons. The van der Waals surface area contributed by atoms with Crippen LogP contribution in [-0.2, 0) is 12.6 Å². The number of benzene rings is 1. The van der Waals surface area contributed by atoms with Crippen molar-refractivity contribution in [2.75, 3.05) is 7.05 Å². The van der Waals surface area contributed by atoms with Crippen molar-refractivity contribution in [2.45, 2.75) is 18.6 Å². The van der Waals surface area contributed by atoms with Crippen LogP contribution in [0.25, 0.3) is 0 Å². The summed E-state index contributed by atoms with van der Waals surface area (Å²) in [6.07, 6.45) is -3.82. The van der Waals surface area contributed by atoms with Crippen LogP contribution in [0.1, 0.15) is 22.0 Å². The molecule has 1 unspecified atom stereocenters. The van der Waals surface area contributed by atoms with Gasteiger partial charge in [0.25, 0.3) is 0 Å². The van der Waals surface area contributed by atoms with Gasteiger partial charge in [-0.25, -0.2) is 0 Å². The number of likely N-dealkylation sites (N-methyl/N-ethyl adjacent to an activating group) is 1. The van der Waals surface area contributed by atoms with Gasteiger partial charge in [-0.2, -0.15) is 13.2 Å². The largest absolute Gasteiger partial charge is 0.416 e. The van der Waals surface area contributed by atoms with E-state index in [2.05, 4.69) is 21.2 Å². The van der Waals surface area contributed by atoms with Crippen molar-refractivity contribution in [1.82, 2.24) is 5.32 Å². The number of rotatable bonds is 4. The van der Waals surface area contributed by atoms with Crippen LogP contribution in [0.4, 0.5) is 13.2 Å². The summed E-state index contributed by atoms with van der Waals surface area (Å²) in [7, 11) is 1.68. The first-order chi connectivity index (χ1) is 9.43. The molecule has 1 atom stereocenters. The van der Waals surface area contributed by atoms with Crippen molar-refractivity contribution in [3.63, 3.8) is 0 Å². The SMILES string of the molecule is CNC(Cc1sccc1Br)c1ccccc1C(F)(F)F.